The number of phosphoric ester groups is 2. The molecule has 0 aromatic rings. The molecule has 0 saturated carbocycles. The van der Waals surface area contributed by atoms with Crippen molar-refractivity contribution in [2.24, 2.45) is 23.7 Å². The van der Waals surface area contributed by atoms with E-state index < -0.39 is 97.5 Å². The molecule has 0 aliphatic rings. The van der Waals surface area contributed by atoms with Gasteiger partial charge in [0.2, 0.25) is 0 Å². The van der Waals surface area contributed by atoms with Crippen LogP contribution in [0.5, 0.6) is 0 Å². The number of unbranched alkanes of at least 4 members (excludes halogenated alkanes) is 41. The monoisotopic (exact) mass is 1440 g/mol. The Morgan fingerprint density at radius 3 is 0.724 bits per heavy atom. The molecule has 0 aliphatic heterocycles. The third-order valence-electron chi connectivity index (χ3n) is 18.7. The number of carbonyl (C=O) groups excluding carboxylic acids is 4. The molecule has 17 nitrogen and oxygen atoms in total. The molecule has 98 heavy (non-hydrogen) atoms. The van der Waals surface area contributed by atoms with Crippen molar-refractivity contribution >= 4 is 39.5 Å². The molecule has 0 aliphatic carbocycles. The summed E-state index contributed by atoms with van der Waals surface area (Å²) in [6.45, 7) is 14.2. The van der Waals surface area contributed by atoms with E-state index in [2.05, 4.69) is 55.4 Å². The molecule has 0 radical (unpaired) electrons. The smallest absolute Gasteiger partial charge is 0.462 e. The van der Waals surface area contributed by atoms with Gasteiger partial charge in [-0.1, -0.05) is 351 Å². The van der Waals surface area contributed by atoms with Crippen LogP contribution in [0.2, 0.25) is 0 Å². The van der Waals surface area contributed by atoms with Crippen molar-refractivity contribution in [3.8, 4) is 0 Å². The van der Waals surface area contributed by atoms with Gasteiger partial charge in [0, 0.05) is 25.7 Å². The zero-order valence-corrected chi connectivity index (χ0v) is 66.2. The van der Waals surface area contributed by atoms with Crippen molar-refractivity contribution in [3.05, 3.63) is 0 Å². The minimum atomic E-state index is -4.96. The lowest BCUT2D eigenvalue weighted by Gasteiger charge is -2.21. The highest BCUT2D eigenvalue weighted by atomic mass is 31.2. The van der Waals surface area contributed by atoms with Gasteiger partial charge < -0.3 is 33.8 Å². The van der Waals surface area contributed by atoms with Gasteiger partial charge in [-0.2, -0.15) is 0 Å². The highest BCUT2D eigenvalue weighted by molar-refractivity contribution is 7.47. The predicted octanol–water partition coefficient (Wildman–Crippen LogP) is 23.2. The Labute approximate surface area is 600 Å². The van der Waals surface area contributed by atoms with Gasteiger partial charge in [-0.05, 0) is 49.4 Å². The van der Waals surface area contributed by atoms with Gasteiger partial charge in [0.25, 0.3) is 0 Å². The van der Waals surface area contributed by atoms with Crippen molar-refractivity contribution in [1.82, 2.24) is 0 Å². The summed E-state index contributed by atoms with van der Waals surface area (Å²) in [5.41, 5.74) is 0. The number of ether oxygens (including phenoxy) is 4. The van der Waals surface area contributed by atoms with Gasteiger partial charge >= 0.3 is 39.5 Å². The van der Waals surface area contributed by atoms with Crippen molar-refractivity contribution in [3.63, 3.8) is 0 Å². The zero-order valence-electron chi connectivity index (χ0n) is 64.4. The van der Waals surface area contributed by atoms with Crippen LogP contribution in [0.3, 0.4) is 0 Å². The standard InChI is InChI=1S/C79H154O17P2/c1-9-72(8)58-50-42-33-27-21-16-14-12-10-11-13-15-17-22-28-34-43-51-59-76(81)89-65-74(95-79(84)62-54-46-36-30-24-26-32-40-48-56-70(4)5)67-93-97(85,86)91-63-73(80)64-92-98(87,88)94-68-75(66-90-77(82)60-52-44-38-37-41-49-57-71(6)7)96-78(83)61-53-45-35-29-23-19-18-20-25-31-39-47-55-69(2)3/h69-75,80H,9-68H2,1-8H3,(H,85,86)(H,87,88)/t72?,73-,74-,75-/m1/s1. The summed E-state index contributed by atoms with van der Waals surface area (Å²) >= 11 is 0. The van der Waals surface area contributed by atoms with Gasteiger partial charge in [0.05, 0.1) is 26.4 Å². The summed E-state index contributed by atoms with van der Waals surface area (Å²) in [4.78, 5) is 72.8. The minimum Gasteiger partial charge on any atom is -0.462 e. The second-order valence-corrected chi connectivity index (χ2v) is 33.0. The molecule has 0 saturated heterocycles. The number of esters is 4. The van der Waals surface area contributed by atoms with E-state index in [4.69, 9.17) is 37.0 Å². The fourth-order valence-corrected chi connectivity index (χ4v) is 13.6. The number of hydrogen-bond acceptors (Lipinski definition) is 15. The maximum atomic E-state index is 13.1. The maximum absolute atomic E-state index is 13.1. The number of aliphatic hydroxyl groups is 1. The molecular weight excluding hydrogens is 1280 g/mol. The number of aliphatic hydroxyl groups excluding tert-OH is 1. The molecule has 0 spiro atoms. The van der Waals surface area contributed by atoms with Gasteiger partial charge in [-0.15, -0.1) is 0 Å². The maximum Gasteiger partial charge on any atom is 0.472 e. The van der Waals surface area contributed by atoms with Gasteiger partial charge in [0.1, 0.15) is 19.3 Å². The summed E-state index contributed by atoms with van der Waals surface area (Å²) in [6, 6.07) is 0. The first-order valence-electron chi connectivity index (χ1n) is 40.7. The van der Waals surface area contributed by atoms with E-state index in [1.54, 1.807) is 0 Å². The van der Waals surface area contributed by atoms with Crippen LogP contribution < -0.4 is 0 Å². The molecule has 6 atom stereocenters. The molecule has 0 amide bonds. The molecule has 19 heteroatoms. The molecule has 3 unspecified atom stereocenters. The van der Waals surface area contributed by atoms with Gasteiger partial charge in [-0.25, -0.2) is 9.13 Å². The number of hydrogen-bond donors (Lipinski definition) is 3. The van der Waals surface area contributed by atoms with Crippen LogP contribution in [-0.4, -0.2) is 96.7 Å². The average molecular weight is 1440 g/mol. The second kappa shape index (κ2) is 68.2. The number of phosphoric acid groups is 2. The van der Waals surface area contributed by atoms with E-state index in [0.29, 0.717) is 31.6 Å². The van der Waals surface area contributed by atoms with Crippen molar-refractivity contribution in [2.75, 3.05) is 39.6 Å². The van der Waals surface area contributed by atoms with Crippen molar-refractivity contribution < 1.29 is 80.2 Å². The van der Waals surface area contributed by atoms with Crippen LogP contribution in [0.25, 0.3) is 0 Å². The van der Waals surface area contributed by atoms with Gasteiger partial charge in [-0.3, -0.25) is 37.3 Å². The van der Waals surface area contributed by atoms with E-state index in [0.717, 1.165) is 114 Å². The molecule has 0 aromatic carbocycles. The molecule has 582 valence electrons. The largest absolute Gasteiger partial charge is 0.472 e. The van der Waals surface area contributed by atoms with E-state index in [1.165, 1.54) is 199 Å². The van der Waals surface area contributed by atoms with E-state index in [-0.39, 0.29) is 25.7 Å². The first-order chi connectivity index (χ1) is 47.1. The van der Waals surface area contributed by atoms with E-state index in [1.807, 2.05) is 0 Å². The summed E-state index contributed by atoms with van der Waals surface area (Å²) in [5.74, 6) is 0.946. The first-order valence-corrected chi connectivity index (χ1v) is 43.7. The Bertz CT molecular complexity index is 1920. The molecule has 3 N–H and O–H groups in total. The van der Waals surface area contributed by atoms with Gasteiger partial charge in [0.15, 0.2) is 12.2 Å². The average Bonchev–Trinajstić information content (AvgIpc) is 0.953. The lowest BCUT2D eigenvalue weighted by Crippen LogP contribution is -2.30. The minimum absolute atomic E-state index is 0.105. The summed E-state index contributed by atoms with van der Waals surface area (Å²) in [7, 11) is -9.91. The molecule has 0 fully saturated rings. The fraction of sp³-hybridized carbons (Fsp3) is 0.949. The van der Waals surface area contributed by atoms with Crippen LogP contribution in [0, 0.1) is 23.7 Å². The summed E-state index contributed by atoms with van der Waals surface area (Å²) in [5, 5.41) is 10.6. The van der Waals surface area contributed by atoms with Crippen molar-refractivity contribution in [2.45, 2.75) is 420 Å². The summed E-state index contributed by atoms with van der Waals surface area (Å²) < 4.78 is 68.6. The Hall–Kier alpha value is -1.94. The number of rotatable bonds is 76. The molecule has 0 heterocycles. The summed E-state index contributed by atoms with van der Waals surface area (Å²) in [6.07, 6.45) is 54.4. The van der Waals surface area contributed by atoms with Crippen LogP contribution in [-0.2, 0) is 65.4 Å². The zero-order chi connectivity index (χ0) is 72.4. The van der Waals surface area contributed by atoms with Crippen LogP contribution in [0.1, 0.15) is 402 Å². The normalized spacial score (nSPS) is 14.3. The lowest BCUT2D eigenvalue weighted by molar-refractivity contribution is -0.161. The topological polar surface area (TPSA) is 237 Å². The van der Waals surface area contributed by atoms with E-state index >= 15 is 0 Å². The third kappa shape index (κ3) is 71.1. The highest BCUT2D eigenvalue weighted by Gasteiger charge is 2.30. The predicted molar refractivity (Wildman–Crippen MR) is 400 cm³/mol. The SMILES string of the molecule is CCC(C)CCCCCCCCCCCCCCCCCCCCC(=O)OC[C@H](COP(=O)(O)OC[C@@H](O)COP(=O)(O)OC[C@@H](COC(=O)CCCCCCCCC(C)C)OC(=O)CCCCCCCCCCCCCCC(C)C)OC(=O)CCCCCCCCCCCC(C)C. The Kier molecular flexibility index (Phi) is 66.8. The Balaban J connectivity index is 5.15. The first kappa shape index (κ1) is 96.1. The number of carbonyl (C=O) groups is 4. The second-order valence-electron chi connectivity index (χ2n) is 30.1. The quantitative estimate of drug-likeness (QED) is 0.0222. The fourth-order valence-electron chi connectivity index (χ4n) is 12.0. The molecule has 0 rings (SSSR count). The van der Waals surface area contributed by atoms with E-state index in [9.17, 15) is 43.2 Å². The molecule has 0 aromatic heterocycles. The lowest BCUT2D eigenvalue weighted by atomic mass is 9.99. The third-order valence-corrected chi connectivity index (χ3v) is 20.6. The Morgan fingerprint density at radius 2 is 0.490 bits per heavy atom. The molecule has 0 bridgehead atoms. The van der Waals surface area contributed by atoms with Crippen LogP contribution in [0.4, 0.5) is 0 Å². The highest BCUT2D eigenvalue weighted by Crippen LogP contribution is 2.45. The molecular formula is C79H154O17P2. The van der Waals surface area contributed by atoms with Crippen LogP contribution in [0.15, 0.2) is 0 Å². The van der Waals surface area contributed by atoms with Crippen LogP contribution >= 0.6 is 15.6 Å². The Morgan fingerprint density at radius 1 is 0.286 bits per heavy atom. The van der Waals surface area contributed by atoms with Crippen molar-refractivity contribution in [1.29, 1.82) is 0 Å².